The van der Waals surface area contributed by atoms with E-state index >= 15 is 0 Å². The number of piperidine rings is 1. The minimum atomic E-state index is -3.77. The second kappa shape index (κ2) is 9.01. The van der Waals surface area contributed by atoms with Crippen LogP contribution in [0.15, 0.2) is 53.4 Å². The Kier molecular flexibility index (Phi) is 6.62. The van der Waals surface area contributed by atoms with Gasteiger partial charge >= 0.3 is 5.97 Å². The molecule has 0 aromatic heterocycles. The zero-order valence-corrected chi connectivity index (χ0v) is 17.1. The predicted molar refractivity (Wildman–Crippen MR) is 104 cm³/mol. The normalized spacial score (nSPS) is 16.8. The van der Waals surface area contributed by atoms with Crippen LogP contribution in [-0.4, -0.2) is 43.7 Å². The quantitative estimate of drug-likeness (QED) is 0.512. The maximum absolute atomic E-state index is 13.0. The van der Waals surface area contributed by atoms with Crippen molar-refractivity contribution in [1.82, 2.24) is 4.31 Å². The molecule has 1 aliphatic heterocycles. The number of esters is 1. The first kappa shape index (κ1) is 22.0. The summed E-state index contributed by atoms with van der Waals surface area (Å²) in [5, 5.41) is 0. The summed E-state index contributed by atoms with van der Waals surface area (Å²) in [6.45, 7) is 1.66. The van der Waals surface area contributed by atoms with Crippen LogP contribution in [0.2, 0.25) is 0 Å². The molecule has 0 N–H and O–H groups in total. The largest absolute Gasteiger partial charge is 0.454 e. The number of ether oxygens (including phenoxy) is 1. The molecule has 6 nitrogen and oxygen atoms in total. The van der Waals surface area contributed by atoms with Gasteiger partial charge in [0.15, 0.2) is 6.10 Å². The Morgan fingerprint density at radius 1 is 0.967 bits per heavy atom. The standard InChI is InChI=1S/C21H21F2NO5S/c1-14(20(25)15-2-4-17(22)5-3-15)29-21(26)16-10-12-24(13-11-16)30(27,28)19-8-6-18(23)7-9-19/h2-9,14,16H,10-13H2,1H3/t14-/m1/s1. The lowest BCUT2D eigenvalue weighted by molar-refractivity contribution is -0.152. The fourth-order valence-electron chi connectivity index (χ4n) is 3.26. The highest BCUT2D eigenvalue weighted by atomic mass is 32.2. The van der Waals surface area contributed by atoms with E-state index in [1.54, 1.807) is 0 Å². The third kappa shape index (κ3) is 4.91. The molecule has 160 valence electrons. The average molecular weight is 437 g/mol. The van der Waals surface area contributed by atoms with Crippen molar-refractivity contribution in [2.45, 2.75) is 30.8 Å². The summed E-state index contributed by atoms with van der Waals surface area (Å²) in [6.07, 6.45) is -0.545. The van der Waals surface area contributed by atoms with Gasteiger partial charge in [0, 0.05) is 18.7 Å². The number of hydrogen-bond acceptors (Lipinski definition) is 5. The highest BCUT2D eigenvalue weighted by Crippen LogP contribution is 2.25. The van der Waals surface area contributed by atoms with Crippen molar-refractivity contribution in [1.29, 1.82) is 0 Å². The van der Waals surface area contributed by atoms with E-state index < -0.39 is 45.4 Å². The van der Waals surface area contributed by atoms with Crippen LogP contribution in [0.5, 0.6) is 0 Å². The molecule has 0 spiro atoms. The highest BCUT2D eigenvalue weighted by Gasteiger charge is 2.34. The van der Waals surface area contributed by atoms with E-state index in [0.717, 1.165) is 24.3 Å². The molecule has 2 aromatic rings. The number of carbonyl (C=O) groups is 2. The van der Waals surface area contributed by atoms with Gasteiger partial charge in [-0.1, -0.05) is 0 Å². The molecular weight excluding hydrogens is 416 g/mol. The van der Waals surface area contributed by atoms with Crippen molar-refractivity contribution >= 4 is 21.8 Å². The van der Waals surface area contributed by atoms with Crippen molar-refractivity contribution < 1.29 is 31.5 Å². The Bertz CT molecular complexity index is 1010. The Morgan fingerprint density at radius 2 is 1.47 bits per heavy atom. The summed E-state index contributed by atoms with van der Waals surface area (Å²) in [5.41, 5.74) is 0.233. The molecule has 0 aliphatic carbocycles. The van der Waals surface area contributed by atoms with Crippen molar-refractivity contribution in [2.24, 2.45) is 5.92 Å². The molecule has 0 saturated carbocycles. The van der Waals surface area contributed by atoms with Gasteiger partial charge in [0.05, 0.1) is 10.8 Å². The fraction of sp³-hybridized carbons (Fsp3) is 0.333. The van der Waals surface area contributed by atoms with E-state index in [9.17, 15) is 26.8 Å². The molecule has 30 heavy (non-hydrogen) atoms. The van der Waals surface area contributed by atoms with Crippen molar-refractivity contribution in [2.75, 3.05) is 13.1 Å². The Morgan fingerprint density at radius 3 is 2.00 bits per heavy atom. The van der Waals surface area contributed by atoms with Crippen LogP contribution < -0.4 is 0 Å². The lowest BCUT2D eigenvalue weighted by Gasteiger charge is -2.30. The molecule has 9 heteroatoms. The summed E-state index contributed by atoms with van der Waals surface area (Å²) in [5.74, 6) is -2.55. The molecule has 2 aromatic carbocycles. The first-order valence-corrected chi connectivity index (χ1v) is 10.9. The molecule has 1 heterocycles. The van der Waals surface area contributed by atoms with Gasteiger partial charge in [0.1, 0.15) is 11.6 Å². The number of sulfonamides is 1. The zero-order valence-electron chi connectivity index (χ0n) is 16.3. The van der Waals surface area contributed by atoms with Crippen molar-refractivity contribution in [3.8, 4) is 0 Å². The molecule has 3 rings (SSSR count). The Labute approximate surface area is 173 Å². The first-order valence-electron chi connectivity index (χ1n) is 9.44. The molecule has 0 unspecified atom stereocenters. The minimum absolute atomic E-state index is 0.0107. The predicted octanol–water partition coefficient (Wildman–Crippen LogP) is 3.18. The van der Waals surface area contributed by atoms with E-state index in [1.165, 1.54) is 35.5 Å². The van der Waals surface area contributed by atoms with Gasteiger partial charge in [0.2, 0.25) is 15.8 Å². The van der Waals surface area contributed by atoms with Gasteiger partial charge in [-0.3, -0.25) is 9.59 Å². The van der Waals surface area contributed by atoms with Crippen molar-refractivity contribution in [3.63, 3.8) is 0 Å². The number of halogens is 2. The van der Waals surface area contributed by atoms with Crippen LogP contribution in [0.3, 0.4) is 0 Å². The molecule has 1 atom stereocenters. The molecule has 0 bridgehead atoms. The second-order valence-corrected chi connectivity index (χ2v) is 9.02. The third-order valence-corrected chi connectivity index (χ3v) is 6.94. The molecular formula is C21H21F2NO5S. The lowest BCUT2D eigenvalue weighted by Crippen LogP contribution is -2.41. The third-order valence-electron chi connectivity index (χ3n) is 5.03. The fourth-order valence-corrected chi connectivity index (χ4v) is 4.73. The van der Waals surface area contributed by atoms with Crippen LogP contribution in [0.25, 0.3) is 0 Å². The van der Waals surface area contributed by atoms with Gasteiger partial charge in [-0.2, -0.15) is 4.31 Å². The lowest BCUT2D eigenvalue weighted by atomic mass is 9.98. The van der Waals surface area contributed by atoms with E-state index in [-0.39, 0.29) is 36.4 Å². The van der Waals surface area contributed by atoms with E-state index in [2.05, 4.69) is 0 Å². The number of rotatable bonds is 6. The van der Waals surface area contributed by atoms with E-state index in [4.69, 9.17) is 4.74 Å². The number of hydrogen-bond donors (Lipinski definition) is 0. The minimum Gasteiger partial charge on any atom is -0.454 e. The number of Topliss-reactive ketones (excluding diaryl/α,β-unsaturated/α-hetero) is 1. The SMILES string of the molecule is C[C@@H](OC(=O)C1CCN(S(=O)(=O)c2ccc(F)cc2)CC1)C(=O)c1ccc(F)cc1. The molecule has 0 amide bonds. The molecule has 1 fully saturated rings. The van der Waals surface area contributed by atoms with Gasteiger partial charge in [-0.25, -0.2) is 17.2 Å². The highest BCUT2D eigenvalue weighted by molar-refractivity contribution is 7.89. The van der Waals surface area contributed by atoms with Crippen LogP contribution in [-0.2, 0) is 19.6 Å². The molecule has 1 aliphatic rings. The van der Waals surface area contributed by atoms with Crippen LogP contribution >= 0.6 is 0 Å². The first-order chi connectivity index (χ1) is 14.2. The van der Waals surface area contributed by atoms with Gasteiger partial charge < -0.3 is 4.74 Å². The van der Waals surface area contributed by atoms with Gasteiger partial charge in [-0.05, 0) is 68.3 Å². The number of carbonyl (C=O) groups excluding carboxylic acids is 2. The Hall–Kier alpha value is -2.65. The summed E-state index contributed by atoms with van der Waals surface area (Å²) in [7, 11) is -3.77. The molecule has 0 radical (unpaired) electrons. The van der Waals surface area contributed by atoms with Gasteiger partial charge in [-0.15, -0.1) is 0 Å². The maximum atomic E-state index is 13.0. The Balaban J connectivity index is 1.56. The number of benzene rings is 2. The van der Waals surface area contributed by atoms with Crippen LogP contribution in [0.4, 0.5) is 8.78 Å². The topological polar surface area (TPSA) is 80.8 Å². The van der Waals surface area contributed by atoms with Crippen LogP contribution in [0, 0.1) is 17.6 Å². The summed E-state index contributed by atoms with van der Waals surface area (Å²) < 4.78 is 57.8. The molecule has 1 saturated heterocycles. The van der Waals surface area contributed by atoms with E-state index in [0.29, 0.717) is 0 Å². The van der Waals surface area contributed by atoms with Gasteiger partial charge in [0.25, 0.3) is 0 Å². The number of ketones is 1. The summed E-state index contributed by atoms with van der Waals surface area (Å²) in [6, 6.07) is 9.51. The second-order valence-electron chi connectivity index (χ2n) is 7.08. The monoisotopic (exact) mass is 437 g/mol. The summed E-state index contributed by atoms with van der Waals surface area (Å²) >= 11 is 0. The average Bonchev–Trinajstić information content (AvgIpc) is 2.74. The maximum Gasteiger partial charge on any atom is 0.309 e. The number of nitrogens with zero attached hydrogens (tertiary/aromatic N) is 1. The summed E-state index contributed by atoms with van der Waals surface area (Å²) in [4.78, 5) is 24.7. The van der Waals surface area contributed by atoms with Crippen molar-refractivity contribution in [3.05, 3.63) is 65.7 Å². The smallest absolute Gasteiger partial charge is 0.309 e. The van der Waals surface area contributed by atoms with E-state index in [1.807, 2.05) is 0 Å². The zero-order chi connectivity index (χ0) is 21.9. The van der Waals surface area contributed by atoms with Crippen LogP contribution in [0.1, 0.15) is 30.1 Å².